The van der Waals surface area contributed by atoms with Crippen LogP contribution in [-0.2, 0) is 20.0 Å². The lowest BCUT2D eigenvalue weighted by Crippen LogP contribution is -2.35. The molecule has 0 amide bonds. The first-order chi connectivity index (χ1) is 13.9. The number of benzene rings is 2. The molecular formula is C16H18N4O8S2. The van der Waals surface area contributed by atoms with E-state index in [1.807, 2.05) is 0 Å². The Morgan fingerprint density at radius 1 is 0.733 bits per heavy atom. The zero-order valence-corrected chi connectivity index (χ0v) is 17.5. The molecule has 0 fully saturated rings. The molecular weight excluding hydrogens is 440 g/mol. The first kappa shape index (κ1) is 23.3. The van der Waals surface area contributed by atoms with Crippen LogP contribution in [0.4, 0.5) is 11.4 Å². The largest absolute Gasteiger partial charge is 0.273 e. The van der Waals surface area contributed by atoms with Crippen LogP contribution in [0.15, 0.2) is 46.2 Å². The number of hydrogen-bond acceptors (Lipinski definition) is 8. The fourth-order valence-electron chi connectivity index (χ4n) is 2.71. The van der Waals surface area contributed by atoms with Crippen LogP contribution in [0.2, 0.25) is 0 Å². The smallest absolute Gasteiger partial charge is 0.258 e. The fourth-order valence-corrected chi connectivity index (χ4v) is 5.29. The van der Waals surface area contributed by atoms with E-state index in [0.717, 1.165) is 0 Å². The molecule has 2 aromatic rings. The summed E-state index contributed by atoms with van der Waals surface area (Å²) in [7, 11) is -8.27. The highest BCUT2D eigenvalue weighted by molar-refractivity contribution is 7.90. The zero-order valence-electron chi connectivity index (χ0n) is 15.9. The molecule has 0 spiro atoms. The van der Waals surface area contributed by atoms with Crippen molar-refractivity contribution in [1.82, 2.24) is 9.44 Å². The maximum atomic E-state index is 12.4. The highest BCUT2D eigenvalue weighted by atomic mass is 32.2. The van der Waals surface area contributed by atoms with Crippen LogP contribution < -0.4 is 9.44 Å². The van der Waals surface area contributed by atoms with Crippen LogP contribution >= 0.6 is 0 Å². The Morgan fingerprint density at radius 2 is 1.07 bits per heavy atom. The van der Waals surface area contributed by atoms with Gasteiger partial charge in [0.2, 0.25) is 20.0 Å². The molecule has 2 N–H and O–H groups in total. The predicted molar refractivity (Wildman–Crippen MR) is 106 cm³/mol. The van der Waals surface area contributed by atoms with E-state index in [2.05, 4.69) is 9.44 Å². The Morgan fingerprint density at radius 3 is 1.37 bits per heavy atom. The Bertz CT molecular complexity index is 1110. The third kappa shape index (κ3) is 4.96. The van der Waals surface area contributed by atoms with Crippen molar-refractivity contribution < 1.29 is 26.7 Å². The van der Waals surface area contributed by atoms with Gasteiger partial charge < -0.3 is 0 Å². The molecule has 0 aromatic heterocycles. The fraction of sp³-hybridized carbons (Fsp3) is 0.250. The van der Waals surface area contributed by atoms with E-state index in [0.29, 0.717) is 0 Å². The molecule has 0 radical (unpaired) electrons. The molecule has 2 rings (SSSR count). The average Bonchev–Trinajstić information content (AvgIpc) is 2.64. The molecule has 12 nitrogen and oxygen atoms in total. The van der Waals surface area contributed by atoms with Crippen LogP contribution in [0.1, 0.15) is 11.1 Å². The van der Waals surface area contributed by atoms with E-state index in [4.69, 9.17) is 0 Å². The van der Waals surface area contributed by atoms with Crippen molar-refractivity contribution >= 4 is 31.4 Å². The summed E-state index contributed by atoms with van der Waals surface area (Å²) >= 11 is 0. The summed E-state index contributed by atoms with van der Waals surface area (Å²) in [4.78, 5) is 19.9. The van der Waals surface area contributed by atoms with Gasteiger partial charge in [-0.2, -0.15) is 0 Å². The lowest BCUT2D eigenvalue weighted by atomic mass is 10.2. The summed E-state index contributed by atoms with van der Waals surface area (Å²) in [5.41, 5.74) is -0.829. The van der Waals surface area contributed by atoms with E-state index in [-0.39, 0.29) is 45.4 Å². The van der Waals surface area contributed by atoms with Crippen molar-refractivity contribution in [3.8, 4) is 0 Å². The summed E-state index contributed by atoms with van der Waals surface area (Å²) < 4.78 is 54.0. The number of nitro groups is 2. The topological polar surface area (TPSA) is 179 Å². The van der Waals surface area contributed by atoms with Gasteiger partial charge in [0.1, 0.15) is 0 Å². The summed E-state index contributed by atoms with van der Waals surface area (Å²) in [6.45, 7) is 1.89. The van der Waals surface area contributed by atoms with Gasteiger partial charge in [-0.3, -0.25) is 20.2 Å². The Balaban J connectivity index is 2.11. The summed E-state index contributed by atoms with van der Waals surface area (Å²) in [5.74, 6) is 0. The number of rotatable bonds is 9. The van der Waals surface area contributed by atoms with Gasteiger partial charge in [0.25, 0.3) is 11.4 Å². The third-order valence-corrected chi connectivity index (χ3v) is 7.40. The predicted octanol–water partition coefficient (Wildman–Crippen LogP) is 1.38. The Hall–Kier alpha value is -2.94. The molecule has 0 atom stereocenters. The molecule has 30 heavy (non-hydrogen) atoms. The van der Waals surface area contributed by atoms with Crippen LogP contribution in [0.5, 0.6) is 0 Å². The minimum Gasteiger partial charge on any atom is -0.258 e. The number of nitrogens with zero attached hydrogens (tertiary/aromatic N) is 2. The summed E-state index contributed by atoms with van der Waals surface area (Å²) in [6, 6.07) is 7.19. The monoisotopic (exact) mass is 458 g/mol. The first-order valence-electron chi connectivity index (χ1n) is 8.36. The second kappa shape index (κ2) is 8.83. The molecule has 2 aromatic carbocycles. The highest BCUT2D eigenvalue weighted by Crippen LogP contribution is 2.25. The van der Waals surface area contributed by atoms with Crippen LogP contribution in [0.25, 0.3) is 0 Å². The minimum atomic E-state index is -4.13. The molecule has 0 saturated carbocycles. The Kier molecular flexibility index (Phi) is 6.87. The number of sulfonamides is 2. The number of nitro benzene ring substituents is 2. The first-order valence-corrected chi connectivity index (χ1v) is 11.3. The molecule has 0 saturated heterocycles. The maximum absolute atomic E-state index is 12.4. The molecule has 0 aliphatic rings. The van der Waals surface area contributed by atoms with Gasteiger partial charge in [0.05, 0.1) is 19.6 Å². The average molecular weight is 458 g/mol. The molecule has 0 aliphatic carbocycles. The number of hydrogen-bond donors (Lipinski definition) is 2. The zero-order chi connectivity index (χ0) is 22.7. The molecule has 162 valence electrons. The third-order valence-electron chi connectivity index (χ3n) is 4.19. The Labute approximate surface area is 172 Å². The standard InChI is InChI=1S/C16H18N4O8S2/c1-11-13(19(21)22)5-3-7-15(11)29(25,26)17-9-10-18-30(27,28)16-8-4-6-14(12(16)2)20(23)24/h3-8,17-18H,9-10H2,1-2H3. The van der Waals surface area contributed by atoms with Crippen molar-refractivity contribution in [2.75, 3.05) is 13.1 Å². The lowest BCUT2D eigenvalue weighted by Gasteiger charge is -2.11. The summed E-state index contributed by atoms with van der Waals surface area (Å²) in [6.07, 6.45) is 0. The second-order valence-electron chi connectivity index (χ2n) is 6.11. The SMILES string of the molecule is Cc1c([N+](=O)[O-])cccc1S(=O)(=O)NCCNS(=O)(=O)c1cccc([N+](=O)[O-])c1C. The lowest BCUT2D eigenvalue weighted by molar-refractivity contribution is -0.385. The van der Waals surface area contributed by atoms with Gasteiger partial charge >= 0.3 is 0 Å². The van der Waals surface area contributed by atoms with Crippen LogP contribution in [0.3, 0.4) is 0 Å². The van der Waals surface area contributed by atoms with Crippen LogP contribution in [0, 0.1) is 34.1 Å². The minimum absolute atomic E-state index is 0.0530. The molecule has 0 heterocycles. The van der Waals surface area contributed by atoms with Gasteiger partial charge in [0, 0.05) is 36.3 Å². The maximum Gasteiger partial charge on any atom is 0.273 e. The van der Waals surface area contributed by atoms with Crippen molar-refractivity contribution in [3.05, 3.63) is 67.8 Å². The van der Waals surface area contributed by atoms with Gasteiger partial charge in [-0.15, -0.1) is 0 Å². The summed E-state index contributed by atoms with van der Waals surface area (Å²) in [5, 5.41) is 21.9. The molecule has 14 heteroatoms. The van der Waals surface area contributed by atoms with Crippen molar-refractivity contribution in [2.45, 2.75) is 23.6 Å². The van der Waals surface area contributed by atoms with E-state index in [1.54, 1.807) is 0 Å². The van der Waals surface area contributed by atoms with Gasteiger partial charge in [-0.05, 0) is 26.0 Å². The van der Waals surface area contributed by atoms with Gasteiger partial charge in [-0.1, -0.05) is 12.1 Å². The van der Waals surface area contributed by atoms with Crippen molar-refractivity contribution in [2.24, 2.45) is 0 Å². The molecule has 0 aliphatic heterocycles. The van der Waals surface area contributed by atoms with E-state index in [9.17, 15) is 37.1 Å². The van der Waals surface area contributed by atoms with Gasteiger partial charge in [0.15, 0.2) is 0 Å². The second-order valence-corrected chi connectivity index (χ2v) is 9.58. The van der Waals surface area contributed by atoms with Crippen molar-refractivity contribution in [1.29, 1.82) is 0 Å². The molecule has 0 bridgehead atoms. The van der Waals surface area contributed by atoms with Crippen LogP contribution in [-0.4, -0.2) is 39.8 Å². The quantitative estimate of drug-likeness (QED) is 0.321. The van der Waals surface area contributed by atoms with E-state index >= 15 is 0 Å². The van der Waals surface area contributed by atoms with E-state index < -0.39 is 29.9 Å². The van der Waals surface area contributed by atoms with Gasteiger partial charge in [-0.25, -0.2) is 26.3 Å². The molecule has 0 unspecified atom stereocenters. The van der Waals surface area contributed by atoms with Crippen molar-refractivity contribution in [3.63, 3.8) is 0 Å². The highest BCUT2D eigenvalue weighted by Gasteiger charge is 2.24. The number of nitrogens with one attached hydrogen (secondary N) is 2. The normalized spacial score (nSPS) is 11.9. The van der Waals surface area contributed by atoms with E-state index in [1.165, 1.54) is 50.2 Å².